The van der Waals surface area contributed by atoms with Gasteiger partial charge >= 0.3 is 5.97 Å². The molecule has 0 atom stereocenters. The first kappa shape index (κ1) is 26.5. The number of anilines is 1. The zero-order valence-corrected chi connectivity index (χ0v) is 19.4. The molecule has 32 heavy (non-hydrogen) atoms. The zero-order chi connectivity index (χ0) is 22.7. The van der Waals surface area contributed by atoms with Crippen molar-refractivity contribution in [1.29, 1.82) is 0 Å². The Morgan fingerprint density at radius 2 is 1.50 bits per heavy atom. The molecule has 0 aliphatic carbocycles. The molecule has 1 heterocycles. The number of carbonyl (C=O) groups excluding carboxylic acids is 1. The first-order valence-corrected chi connectivity index (χ1v) is 11.9. The van der Waals surface area contributed by atoms with Crippen molar-refractivity contribution in [2.24, 2.45) is 0 Å². The lowest BCUT2D eigenvalue weighted by molar-refractivity contribution is -0.0270. The molecule has 1 fully saturated rings. The van der Waals surface area contributed by atoms with Crippen LogP contribution in [0, 0.1) is 0 Å². The third-order valence-electron chi connectivity index (χ3n) is 5.05. The Balaban J connectivity index is 1.35. The standard InChI is InChI=1S/C24H40N2O6/c1-2-3-10-26-22-6-4-21(5-7-22)24(27)32-20-18-30-16-14-28-13-15-29-17-19-31-23-8-11-25-12-9-23/h4-7,23,25-26H,2-3,8-20H2,1H3. The molecular formula is C24H40N2O6. The van der Waals surface area contributed by atoms with Crippen LogP contribution in [0.15, 0.2) is 24.3 Å². The maximum atomic E-state index is 12.0. The maximum absolute atomic E-state index is 12.0. The van der Waals surface area contributed by atoms with E-state index in [0.29, 0.717) is 57.9 Å². The molecule has 0 radical (unpaired) electrons. The number of carbonyl (C=O) groups is 1. The van der Waals surface area contributed by atoms with Crippen molar-refractivity contribution in [3.63, 3.8) is 0 Å². The summed E-state index contributed by atoms with van der Waals surface area (Å²) in [4.78, 5) is 12.0. The summed E-state index contributed by atoms with van der Waals surface area (Å²) in [5.74, 6) is -0.341. The normalized spacial score (nSPS) is 14.4. The molecule has 1 saturated heterocycles. The summed E-state index contributed by atoms with van der Waals surface area (Å²) >= 11 is 0. The number of piperidine rings is 1. The van der Waals surface area contributed by atoms with Crippen molar-refractivity contribution in [2.75, 3.05) is 77.8 Å². The predicted molar refractivity (Wildman–Crippen MR) is 124 cm³/mol. The van der Waals surface area contributed by atoms with Gasteiger partial charge in [-0.3, -0.25) is 0 Å². The van der Waals surface area contributed by atoms with Crippen LogP contribution in [0.1, 0.15) is 43.0 Å². The van der Waals surface area contributed by atoms with Crippen LogP contribution in [0.4, 0.5) is 5.69 Å². The van der Waals surface area contributed by atoms with Gasteiger partial charge in [0.05, 0.1) is 57.9 Å². The summed E-state index contributed by atoms with van der Waals surface area (Å²) in [6, 6.07) is 7.33. The fourth-order valence-electron chi connectivity index (χ4n) is 3.19. The van der Waals surface area contributed by atoms with E-state index in [1.54, 1.807) is 12.1 Å². The fraction of sp³-hybridized carbons (Fsp3) is 0.708. The number of rotatable bonds is 18. The van der Waals surface area contributed by atoms with Crippen molar-refractivity contribution in [3.8, 4) is 0 Å². The minimum atomic E-state index is -0.341. The Bertz CT molecular complexity index is 593. The van der Waals surface area contributed by atoms with E-state index >= 15 is 0 Å². The van der Waals surface area contributed by atoms with Gasteiger partial charge in [-0.2, -0.15) is 0 Å². The molecule has 0 spiro atoms. The minimum absolute atomic E-state index is 0.218. The van der Waals surface area contributed by atoms with Gasteiger partial charge in [0.2, 0.25) is 0 Å². The van der Waals surface area contributed by atoms with E-state index < -0.39 is 0 Å². The van der Waals surface area contributed by atoms with Crippen molar-refractivity contribution >= 4 is 11.7 Å². The van der Waals surface area contributed by atoms with Crippen molar-refractivity contribution in [3.05, 3.63) is 29.8 Å². The van der Waals surface area contributed by atoms with Gasteiger partial charge in [0, 0.05) is 12.2 Å². The number of hydrogen-bond donors (Lipinski definition) is 2. The molecule has 2 N–H and O–H groups in total. The molecule has 2 rings (SSSR count). The van der Waals surface area contributed by atoms with Crippen LogP contribution in [0.2, 0.25) is 0 Å². The van der Waals surface area contributed by atoms with Gasteiger partial charge in [-0.05, 0) is 56.6 Å². The molecule has 0 saturated carbocycles. The Labute approximate surface area is 192 Å². The molecule has 0 aromatic heterocycles. The van der Waals surface area contributed by atoms with Gasteiger partial charge in [0.1, 0.15) is 6.61 Å². The van der Waals surface area contributed by atoms with Crippen LogP contribution in [-0.4, -0.2) is 84.6 Å². The molecular weight excluding hydrogens is 412 g/mol. The van der Waals surface area contributed by atoms with Gasteiger partial charge in [-0.1, -0.05) is 13.3 Å². The third-order valence-corrected chi connectivity index (χ3v) is 5.05. The van der Waals surface area contributed by atoms with E-state index in [1.807, 2.05) is 12.1 Å². The second kappa shape index (κ2) is 17.8. The maximum Gasteiger partial charge on any atom is 0.338 e. The van der Waals surface area contributed by atoms with Gasteiger partial charge in [-0.15, -0.1) is 0 Å². The molecule has 1 aliphatic heterocycles. The van der Waals surface area contributed by atoms with Crippen LogP contribution in [0.25, 0.3) is 0 Å². The number of esters is 1. The molecule has 1 aromatic rings. The average molecular weight is 453 g/mol. The van der Waals surface area contributed by atoms with Gasteiger partial charge in [0.25, 0.3) is 0 Å². The van der Waals surface area contributed by atoms with Crippen LogP contribution in [0.5, 0.6) is 0 Å². The first-order chi connectivity index (χ1) is 15.8. The second-order valence-electron chi connectivity index (χ2n) is 7.65. The van der Waals surface area contributed by atoms with Gasteiger partial charge in [-0.25, -0.2) is 4.79 Å². The molecule has 8 heteroatoms. The van der Waals surface area contributed by atoms with Crippen molar-refractivity contribution in [1.82, 2.24) is 5.32 Å². The summed E-state index contributed by atoms with van der Waals surface area (Å²) in [5.41, 5.74) is 1.55. The fourth-order valence-corrected chi connectivity index (χ4v) is 3.19. The quantitative estimate of drug-likeness (QED) is 0.260. The van der Waals surface area contributed by atoms with Gasteiger partial charge in [0.15, 0.2) is 0 Å². The highest BCUT2D eigenvalue weighted by atomic mass is 16.6. The number of benzene rings is 1. The van der Waals surface area contributed by atoms with E-state index in [-0.39, 0.29) is 12.6 Å². The topological polar surface area (TPSA) is 87.3 Å². The summed E-state index contributed by atoms with van der Waals surface area (Å²) < 4.78 is 27.4. The SMILES string of the molecule is CCCCNc1ccc(C(=O)OCCOCCOCCOCCOC2CCNCC2)cc1. The molecule has 0 unspecified atom stereocenters. The lowest BCUT2D eigenvalue weighted by atomic mass is 10.1. The third kappa shape index (κ3) is 12.4. The number of ether oxygens (including phenoxy) is 5. The molecule has 0 amide bonds. The highest BCUT2D eigenvalue weighted by molar-refractivity contribution is 5.89. The highest BCUT2D eigenvalue weighted by Gasteiger charge is 2.12. The summed E-state index contributed by atoms with van der Waals surface area (Å²) in [6.07, 6.45) is 4.79. The van der Waals surface area contributed by atoms with E-state index in [0.717, 1.165) is 51.0 Å². The predicted octanol–water partition coefficient (Wildman–Crippen LogP) is 2.87. The highest BCUT2D eigenvalue weighted by Crippen LogP contribution is 2.11. The van der Waals surface area contributed by atoms with E-state index in [2.05, 4.69) is 17.6 Å². The first-order valence-electron chi connectivity index (χ1n) is 11.9. The van der Waals surface area contributed by atoms with Crippen molar-refractivity contribution in [2.45, 2.75) is 38.7 Å². The number of unbranched alkanes of at least 4 members (excludes halogenated alkanes) is 1. The van der Waals surface area contributed by atoms with Crippen LogP contribution >= 0.6 is 0 Å². The Kier molecular flexibility index (Phi) is 14.8. The monoisotopic (exact) mass is 452 g/mol. The summed E-state index contributed by atoms with van der Waals surface area (Å²) in [7, 11) is 0. The molecule has 182 valence electrons. The zero-order valence-electron chi connectivity index (χ0n) is 19.4. The molecule has 8 nitrogen and oxygen atoms in total. The Morgan fingerprint density at radius 3 is 2.12 bits per heavy atom. The smallest absolute Gasteiger partial charge is 0.338 e. The van der Waals surface area contributed by atoms with E-state index in [4.69, 9.17) is 23.7 Å². The average Bonchev–Trinajstić information content (AvgIpc) is 2.83. The number of hydrogen-bond acceptors (Lipinski definition) is 8. The molecule has 1 aromatic carbocycles. The lowest BCUT2D eigenvalue weighted by Crippen LogP contribution is -2.33. The summed E-state index contributed by atoms with van der Waals surface area (Å²) in [5, 5.41) is 6.64. The van der Waals surface area contributed by atoms with E-state index in [9.17, 15) is 4.79 Å². The van der Waals surface area contributed by atoms with Crippen LogP contribution < -0.4 is 10.6 Å². The Hall–Kier alpha value is -1.71. The number of nitrogens with one attached hydrogen (secondary N) is 2. The van der Waals surface area contributed by atoms with Gasteiger partial charge < -0.3 is 34.3 Å². The minimum Gasteiger partial charge on any atom is -0.460 e. The lowest BCUT2D eigenvalue weighted by Gasteiger charge is -2.22. The van der Waals surface area contributed by atoms with Crippen LogP contribution in [-0.2, 0) is 23.7 Å². The second-order valence-corrected chi connectivity index (χ2v) is 7.65. The summed E-state index contributed by atoms with van der Waals surface area (Å²) in [6.45, 7) is 8.94. The Morgan fingerprint density at radius 1 is 0.906 bits per heavy atom. The molecule has 0 bridgehead atoms. The van der Waals surface area contributed by atoms with Crippen molar-refractivity contribution < 1.29 is 28.5 Å². The molecule has 1 aliphatic rings. The van der Waals surface area contributed by atoms with E-state index in [1.165, 1.54) is 0 Å². The largest absolute Gasteiger partial charge is 0.460 e. The van der Waals surface area contributed by atoms with Crippen LogP contribution in [0.3, 0.4) is 0 Å².